The standard InChI is InChI=1S/C28H25N3O4/c1-3-15-35-26-14-13-19(16-27(26)34-4-2)18-29-31-28(33)22-17-24(21-10-6-8-12-25(21)32)30-23-11-7-5-9-20(22)23/h3,5-14,16-18,32H,1,4,15H2,2H3,(H,31,33)/b29-18-. The summed E-state index contributed by atoms with van der Waals surface area (Å²) in [5.74, 6) is 0.878. The first-order chi connectivity index (χ1) is 17.1. The maximum Gasteiger partial charge on any atom is 0.272 e. The van der Waals surface area contributed by atoms with Crippen LogP contribution >= 0.6 is 0 Å². The van der Waals surface area contributed by atoms with Crippen molar-refractivity contribution < 1.29 is 19.4 Å². The highest BCUT2D eigenvalue weighted by Gasteiger charge is 2.15. The first kappa shape index (κ1) is 23.5. The Kier molecular flexibility index (Phi) is 7.37. The fourth-order valence-electron chi connectivity index (χ4n) is 3.56. The molecule has 0 aliphatic carbocycles. The molecule has 4 rings (SSSR count). The molecule has 0 bridgehead atoms. The van der Waals surface area contributed by atoms with Gasteiger partial charge >= 0.3 is 0 Å². The summed E-state index contributed by atoms with van der Waals surface area (Å²) in [7, 11) is 0. The van der Waals surface area contributed by atoms with Crippen LogP contribution in [0.4, 0.5) is 0 Å². The van der Waals surface area contributed by atoms with Gasteiger partial charge in [-0.1, -0.05) is 43.0 Å². The van der Waals surface area contributed by atoms with E-state index in [2.05, 4.69) is 22.1 Å². The minimum absolute atomic E-state index is 0.0882. The molecule has 35 heavy (non-hydrogen) atoms. The highest BCUT2D eigenvalue weighted by molar-refractivity contribution is 6.07. The molecule has 0 saturated heterocycles. The number of carbonyl (C=O) groups is 1. The Hall–Kier alpha value is -4.65. The predicted molar refractivity (Wildman–Crippen MR) is 137 cm³/mol. The number of aromatic hydroxyl groups is 1. The lowest BCUT2D eigenvalue weighted by Crippen LogP contribution is -2.18. The first-order valence-corrected chi connectivity index (χ1v) is 11.1. The zero-order valence-corrected chi connectivity index (χ0v) is 19.3. The van der Waals surface area contributed by atoms with Crippen LogP contribution in [0.5, 0.6) is 17.2 Å². The van der Waals surface area contributed by atoms with Crippen LogP contribution in [0.15, 0.2) is 90.6 Å². The molecule has 2 N–H and O–H groups in total. The highest BCUT2D eigenvalue weighted by Crippen LogP contribution is 2.31. The second kappa shape index (κ2) is 11.0. The van der Waals surface area contributed by atoms with Crippen molar-refractivity contribution >= 4 is 23.0 Å². The number of phenols is 1. The van der Waals surface area contributed by atoms with Gasteiger partial charge in [-0.3, -0.25) is 4.79 Å². The largest absolute Gasteiger partial charge is 0.507 e. The number of hydrazone groups is 1. The number of benzene rings is 3. The van der Waals surface area contributed by atoms with Gasteiger partial charge < -0.3 is 14.6 Å². The van der Waals surface area contributed by atoms with E-state index in [9.17, 15) is 9.90 Å². The van der Waals surface area contributed by atoms with Gasteiger partial charge in [0.2, 0.25) is 0 Å². The van der Waals surface area contributed by atoms with Gasteiger partial charge in [-0.05, 0) is 55.0 Å². The fraction of sp³-hybridized carbons (Fsp3) is 0.107. The van der Waals surface area contributed by atoms with Crippen molar-refractivity contribution in [2.24, 2.45) is 5.10 Å². The highest BCUT2D eigenvalue weighted by atomic mass is 16.5. The van der Waals surface area contributed by atoms with E-state index in [1.54, 1.807) is 48.5 Å². The van der Waals surface area contributed by atoms with Gasteiger partial charge in [-0.2, -0.15) is 5.10 Å². The number of nitrogens with zero attached hydrogens (tertiary/aromatic N) is 2. The third-order valence-electron chi connectivity index (χ3n) is 5.14. The average molecular weight is 468 g/mol. The van der Waals surface area contributed by atoms with Crippen molar-refractivity contribution in [1.29, 1.82) is 0 Å². The predicted octanol–water partition coefficient (Wildman–Crippen LogP) is 5.33. The molecule has 0 radical (unpaired) electrons. The van der Waals surface area contributed by atoms with E-state index in [0.717, 1.165) is 5.56 Å². The van der Waals surface area contributed by atoms with Crippen molar-refractivity contribution in [3.8, 4) is 28.5 Å². The van der Waals surface area contributed by atoms with Crippen LogP contribution in [0.25, 0.3) is 22.2 Å². The van der Waals surface area contributed by atoms with Crippen molar-refractivity contribution in [3.63, 3.8) is 0 Å². The smallest absolute Gasteiger partial charge is 0.272 e. The number of rotatable bonds is 9. The minimum Gasteiger partial charge on any atom is -0.507 e. The molecular weight excluding hydrogens is 442 g/mol. The number of hydrogen-bond donors (Lipinski definition) is 2. The third kappa shape index (κ3) is 5.47. The number of hydrogen-bond acceptors (Lipinski definition) is 6. The second-order valence-electron chi connectivity index (χ2n) is 7.53. The Labute approximate surface area is 203 Å². The van der Waals surface area contributed by atoms with Gasteiger partial charge in [0.1, 0.15) is 12.4 Å². The lowest BCUT2D eigenvalue weighted by atomic mass is 10.0. The first-order valence-electron chi connectivity index (χ1n) is 11.1. The number of aromatic nitrogens is 1. The summed E-state index contributed by atoms with van der Waals surface area (Å²) < 4.78 is 11.3. The molecule has 4 aromatic rings. The van der Waals surface area contributed by atoms with E-state index >= 15 is 0 Å². The second-order valence-corrected chi connectivity index (χ2v) is 7.53. The van der Waals surface area contributed by atoms with E-state index in [1.807, 2.05) is 37.3 Å². The minimum atomic E-state index is -0.396. The number of para-hydroxylation sites is 2. The summed E-state index contributed by atoms with van der Waals surface area (Å²) in [6.45, 7) is 6.39. The summed E-state index contributed by atoms with van der Waals surface area (Å²) in [4.78, 5) is 17.7. The molecule has 0 aliphatic heterocycles. The molecule has 3 aromatic carbocycles. The molecule has 0 fully saturated rings. The lowest BCUT2D eigenvalue weighted by molar-refractivity contribution is 0.0956. The summed E-state index contributed by atoms with van der Waals surface area (Å²) in [6.07, 6.45) is 3.19. The molecule has 7 heteroatoms. The topological polar surface area (TPSA) is 93.0 Å². The summed E-state index contributed by atoms with van der Waals surface area (Å²) in [5.41, 5.74) is 5.39. The number of fused-ring (bicyclic) bond motifs is 1. The van der Waals surface area contributed by atoms with Crippen LogP contribution in [0.3, 0.4) is 0 Å². The Morgan fingerprint density at radius 3 is 2.66 bits per heavy atom. The van der Waals surface area contributed by atoms with Crippen molar-refractivity contribution in [2.45, 2.75) is 6.92 Å². The number of nitrogens with one attached hydrogen (secondary N) is 1. The number of amides is 1. The number of phenolic OH excluding ortho intramolecular Hbond substituents is 1. The molecule has 176 valence electrons. The zero-order valence-electron chi connectivity index (χ0n) is 19.3. The van der Waals surface area contributed by atoms with Gasteiger partial charge in [0.15, 0.2) is 11.5 Å². The summed E-state index contributed by atoms with van der Waals surface area (Å²) >= 11 is 0. The van der Waals surface area contributed by atoms with Gasteiger partial charge in [0, 0.05) is 10.9 Å². The van der Waals surface area contributed by atoms with Crippen molar-refractivity contribution in [1.82, 2.24) is 10.4 Å². The van der Waals surface area contributed by atoms with Gasteiger partial charge in [0.05, 0.1) is 29.6 Å². The molecular formula is C28H25N3O4. The Morgan fingerprint density at radius 1 is 1.06 bits per heavy atom. The SMILES string of the molecule is C=CCOc1ccc(/C=N\NC(=O)c2cc(-c3ccccc3O)nc3ccccc23)cc1OCC. The van der Waals surface area contributed by atoms with Gasteiger partial charge in [-0.15, -0.1) is 0 Å². The van der Waals surface area contributed by atoms with Crippen molar-refractivity contribution in [3.05, 3.63) is 96.6 Å². The van der Waals surface area contributed by atoms with Gasteiger partial charge in [-0.25, -0.2) is 10.4 Å². The molecule has 1 aromatic heterocycles. The average Bonchev–Trinajstić information content (AvgIpc) is 2.88. The van der Waals surface area contributed by atoms with Gasteiger partial charge in [0.25, 0.3) is 5.91 Å². The number of carbonyl (C=O) groups excluding carboxylic acids is 1. The van der Waals surface area contributed by atoms with Crippen molar-refractivity contribution in [2.75, 3.05) is 13.2 Å². The Bertz CT molecular complexity index is 1400. The normalized spacial score (nSPS) is 10.9. The Morgan fingerprint density at radius 2 is 1.86 bits per heavy atom. The molecule has 1 amide bonds. The third-order valence-corrected chi connectivity index (χ3v) is 5.14. The van der Waals surface area contributed by atoms with E-state index in [-0.39, 0.29) is 5.75 Å². The number of pyridine rings is 1. The molecule has 7 nitrogen and oxygen atoms in total. The number of ether oxygens (including phenoxy) is 2. The van der Waals surface area contributed by atoms with Crippen LogP contribution in [-0.4, -0.2) is 35.4 Å². The molecule has 0 saturated carbocycles. The molecule has 0 unspecified atom stereocenters. The quantitative estimate of drug-likeness (QED) is 0.197. The van der Waals surface area contributed by atoms with Crippen LogP contribution in [-0.2, 0) is 0 Å². The maximum absolute atomic E-state index is 13.1. The molecule has 1 heterocycles. The molecule has 0 aliphatic rings. The molecule has 0 atom stereocenters. The van der Waals surface area contributed by atoms with Crippen LogP contribution in [0, 0.1) is 0 Å². The van der Waals surface area contributed by atoms with Crippen LogP contribution < -0.4 is 14.9 Å². The zero-order chi connectivity index (χ0) is 24.6. The Balaban J connectivity index is 1.60. The fourth-order valence-corrected chi connectivity index (χ4v) is 3.56. The van der Waals surface area contributed by atoms with Crippen LogP contribution in [0.2, 0.25) is 0 Å². The summed E-state index contributed by atoms with van der Waals surface area (Å²) in [6, 6.07) is 21.3. The van der Waals surface area contributed by atoms with E-state index in [4.69, 9.17) is 9.47 Å². The van der Waals surface area contributed by atoms with E-state index in [0.29, 0.717) is 52.4 Å². The monoisotopic (exact) mass is 467 g/mol. The van der Waals surface area contributed by atoms with E-state index < -0.39 is 5.91 Å². The lowest BCUT2D eigenvalue weighted by Gasteiger charge is -2.11. The van der Waals surface area contributed by atoms with Crippen LogP contribution in [0.1, 0.15) is 22.8 Å². The van der Waals surface area contributed by atoms with E-state index in [1.165, 1.54) is 6.21 Å². The summed E-state index contributed by atoms with van der Waals surface area (Å²) in [5, 5.41) is 15.1. The maximum atomic E-state index is 13.1. The molecule has 0 spiro atoms.